The van der Waals surface area contributed by atoms with Crippen LogP contribution in [0.1, 0.15) is 5.56 Å². The number of anilines is 2. The second-order valence-corrected chi connectivity index (χ2v) is 3.45. The molecule has 1 amide bonds. The average molecular weight is 220 g/mol. The molecular weight excluding hydrogens is 208 g/mol. The van der Waals surface area contributed by atoms with Crippen LogP contribution in [0, 0.1) is 6.92 Å². The summed E-state index contributed by atoms with van der Waals surface area (Å²) in [5.41, 5.74) is 6.90. The van der Waals surface area contributed by atoms with E-state index < -0.39 is 0 Å². The van der Waals surface area contributed by atoms with Gasteiger partial charge in [-0.05, 0) is 6.92 Å². The maximum absolute atomic E-state index is 11.6. The number of aryl methyl sites for hydroxylation is 1. The van der Waals surface area contributed by atoms with E-state index in [0.29, 0.717) is 11.5 Å². The molecule has 84 valence electrons. The summed E-state index contributed by atoms with van der Waals surface area (Å²) in [5, 5.41) is 13.1. The molecule has 0 bridgehead atoms. The van der Waals surface area contributed by atoms with Crippen molar-refractivity contribution in [3.63, 3.8) is 0 Å². The summed E-state index contributed by atoms with van der Waals surface area (Å²) in [7, 11) is 0. The topological polar surface area (TPSA) is 102 Å². The molecule has 0 radical (unpaired) electrons. The number of hydrogen-bond donors (Lipinski definition) is 3. The molecular formula is C9H12N6O. The second kappa shape index (κ2) is 4.05. The molecule has 0 aliphatic rings. The van der Waals surface area contributed by atoms with E-state index >= 15 is 0 Å². The number of nitrogens with one attached hydrogen (secondary N) is 2. The molecule has 2 rings (SSSR count). The van der Waals surface area contributed by atoms with Gasteiger partial charge in [0.1, 0.15) is 12.4 Å². The van der Waals surface area contributed by atoms with Gasteiger partial charge in [0.2, 0.25) is 5.91 Å². The molecule has 2 aromatic rings. The first-order valence-corrected chi connectivity index (χ1v) is 4.73. The van der Waals surface area contributed by atoms with Crippen molar-refractivity contribution in [1.29, 1.82) is 0 Å². The summed E-state index contributed by atoms with van der Waals surface area (Å²) < 4.78 is 1.47. The van der Waals surface area contributed by atoms with E-state index in [1.165, 1.54) is 10.9 Å². The molecule has 4 N–H and O–H groups in total. The van der Waals surface area contributed by atoms with Crippen LogP contribution in [0.15, 0.2) is 18.6 Å². The van der Waals surface area contributed by atoms with Gasteiger partial charge < -0.3 is 11.1 Å². The number of carbonyl (C=O) groups excluding carboxylic acids is 1. The fraction of sp³-hybridized carbons (Fsp3) is 0.222. The van der Waals surface area contributed by atoms with Crippen molar-refractivity contribution in [3.8, 4) is 0 Å². The highest BCUT2D eigenvalue weighted by Crippen LogP contribution is 2.08. The third-order valence-corrected chi connectivity index (χ3v) is 2.05. The first kappa shape index (κ1) is 10.2. The Morgan fingerprint density at radius 1 is 1.62 bits per heavy atom. The van der Waals surface area contributed by atoms with Crippen molar-refractivity contribution in [2.24, 2.45) is 0 Å². The molecule has 0 saturated carbocycles. The first-order chi connectivity index (χ1) is 7.65. The van der Waals surface area contributed by atoms with Gasteiger partial charge in [0.15, 0.2) is 0 Å². The normalized spacial score (nSPS) is 10.3. The summed E-state index contributed by atoms with van der Waals surface area (Å²) in [6, 6.07) is 0. The molecule has 2 aromatic heterocycles. The number of nitrogens with two attached hydrogens (primary N) is 1. The standard InChI is InChI=1S/C9H12N6O/c1-6-2-11-14-9(6)13-8(16)5-15-4-7(10)3-12-15/h2-4H,5,10H2,1H3,(H2,11,13,14,16). The number of hydrogen-bond acceptors (Lipinski definition) is 4. The van der Waals surface area contributed by atoms with E-state index in [1.807, 2.05) is 6.92 Å². The number of nitrogens with zero attached hydrogens (tertiary/aromatic N) is 3. The Morgan fingerprint density at radius 3 is 3.00 bits per heavy atom. The fourth-order valence-corrected chi connectivity index (χ4v) is 1.27. The minimum atomic E-state index is -0.185. The van der Waals surface area contributed by atoms with Crippen molar-refractivity contribution < 1.29 is 4.79 Å². The average Bonchev–Trinajstić information content (AvgIpc) is 2.77. The van der Waals surface area contributed by atoms with Crippen LogP contribution in [0.2, 0.25) is 0 Å². The summed E-state index contributed by atoms with van der Waals surface area (Å²) in [5.74, 6) is 0.417. The summed E-state index contributed by atoms with van der Waals surface area (Å²) in [6.45, 7) is 1.97. The molecule has 0 spiro atoms. The lowest BCUT2D eigenvalue weighted by Gasteiger charge is -2.03. The van der Waals surface area contributed by atoms with Crippen LogP contribution in [-0.2, 0) is 11.3 Å². The molecule has 2 heterocycles. The van der Waals surface area contributed by atoms with Crippen molar-refractivity contribution in [3.05, 3.63) is 24.2 Å². The molecule has 0 aliphatic heterocycles. The third kappa shape index (κ3) is 2.19. The van der Waals surface area contributed by atoms with Crippen molar-refractivity contribution in [1.82, 2.24) is 20.0 Å². The summed E-state index contributed by atoms with van der Waals surface area (Å²) in [6.07, 6.45) is 4.73. The van der Waals surface area contributed by atoms with Gasteiger partial charge in [0.25, 0.3) is 0 Å². The number of H-pyrrole nitrogens is 1. The highest BCUT2D eigenvalue weighted by molar-refractivity contribution is 5.90. The van der Waals surface area contributed by atoms with Crippen LogP contribution in [0.5, 0.6) is 0 Å². The van der Waals surface area contributed by atoms with Gasteiger partial charge in [-0.2, -0.15) is 10.2 Å². The Morgan fingerprint density at radius 2 is 2.44 bits per heavy atom. The molecule has 0 saturated heterocycles. The van der Waals surface area contributed by atoms with E-state index in [0.717, 1.165) is 5.56 Å². The lowest BCUT2D eigenvalue weighted by atomic mass is 10.4. The molecule has 0 atom stereocenters. The van der Waals surface area contributed by atoms with Gasteiger partial charge in [-0.15, -0.1) is 0 Å². The van der Waals surface area contributed by atoms with E-state index in [4.69, 9.17) is 5.73 Å². The Hall–Kier alpha value is -2.31. The third-order valence-electron chi connectivity index (χ3n) is 2.05. The monoisotopic (exact) mass is 220 g/mol. The number of rotatable bonds is 3. The van der Waals surface area contributed by atoms with E-state index in [2.05, 4.69) is 20.6 Å². The van der Waals surface area contributed by atoms with Crippen LogP contribution in [-0.4, -0.2) is 25.9 Å². The molecule has 7 nitrogen and oxygen atoms in total. The van der Waals surface area contributed by atoms with Gasteiger partial charge in [0, 0.05) is 11.8 Å². The molecule has 0 fully saturated rings. The van der Waals surface area contributed by atoms with Crippen LogP contribution >= 0.6 is 0 Å². The summed E-state index contributed by atoms with van der Waals surface area (Å²) in [4.78, 5) is 11.6. The Labute approximate surface area is 91.6 Å². The second-order valence-electron chi connectivity index (χ2n) is 3.45. The van der Waals surface area contributed by atoms with Crippen molar-refractivity contribution >= 4 is 17.4 Å². The highest BCUT2D eigenvalue weighted by atomic mass is 16.2. The van der Waals surface area contributed by atoms with Crippen LogP contribution in [0.4, 0.5) is 11.5 Å². The quantitative estimate of drug-likeness (QED) is 0.684. The minimum Gasteiger partial charge on any atom is -0.396 e. The van der Waals surface area contributed by atoms with Gasteiger partial charge in [-0.25, -0.2) is 0 Å². The maximum Gasteiger partial charge on any atom is 0.247 e. The van der Waals surface area contributed by atoms with Crippen LogP contribution in [0.25, 0.3) is 0 Å². The number of carbonyl (C=O) groups is 1. The van der Waals surface area contributed by atoms with Crippen LogP contribution < -0.4 is 11.1 Å². The molecule has 0 aromatic carbocycles. The zero-order chi connectivity index (χ0) is 11.5. The lowest BCUT2D eigenvalue weighted by molar-refractivity contribution is -0.116. The SMILES string of the molecule is Cc1cn[nH]c1NC(=O)Cn1cc(N)cn1. The van der Waals surface area contributed by atoms with E-state index in [1.54, 1.807) is 12.4 Å². The Kier molecular flexibility index (Phi) is 2.59. The van der Waals surface area contributed by atoms with Crippen LogP contribution in [0.3, 0.4) is 0 Å². The predicted octanol–water partition coefficient (Wildman–Crippen LogP) is 0.136. The maximum atomic E-state index is 11.6. The zero-order valence-corrected chi connectivity index (χ0v) is 8.77. The zero-order valence-electron chi connectivity index (χ0n) is 8.77. The smallest absolute Gasteiger partial charge is 0.247 e. The number of nitrogen functional groups attached to an aromatic ring is 1. The van der Waals surface area contributed by atoms with Crippen molar-refractivity contribution in [2.75, 3.05) is 11.1 Å². The summed E-state index contributed by atoms with van der Waals surface area (Å²) >= 11 is 0. The molecule has 0 aliphatic carbocycles. The highest BCUT2D eigenvalue weighted by Gasteiger charge is 2.07. The minimum absolute atomic E-state index is 0.121. The number of aromatic nitrogens is 4. The Balaban J connectivity index is 1.97. The van der Waals surface area contributed by atoms with Gasteiger partial charge >= 0.3 is 0 Å². The molecule has 16 heavy (non-hydrogen) atoms. The van der Waals surface area contributed by atoms with Gasteiger partial charge in [0.05, 0.1) is 18.1 Å². The largest absolute Gasteiger partial charge is 0.396 e. The van der Waals surface area contributed by atoms with Crippen molar-refractivity contribution in [2.45, 2.75) is 13.5 Å². The first-order valence-electron chi connectivity index (χ1n) is 4.73. The van der Waals surface area contributed by atoms with E-state index in [-0.39, 0.29) is 12.5 Å². The Bertz CT molecular complexity index is 500. The van der Waals surface area contributed by atoms with Gasteiger partial charge in [-0.3, -0.25) is 14.6 Å². The predicted molar refractivity (Wildman–Crippen MR) is 58.6 cm³/mol. The van der Waals surface area contributed by atoms with E-state index in [9.17, 15) is 4.79 Å². The molecule has 7 heteroatoms. The molecule has 0 unspecified atom stereocenters. The van der Waals surface area contributed by atoms with Gasteiger partial charge in [-0.1, -0.05) is 0 Å². The number of aromatic amines is 1. The lowest BCUT2D eigenvalue weighted by Crippen LogP contribution is -2.19. The number of amides is 1. The fourth-order valence-electron chi connectivity index (χ4n) is 1.27.